The van der Waals surface area contributed by atoms with Gasteiger partial charge in [-0.3, -0.25) is 14.6 Å². The number of aryl methyl sites for hydroxylation is 1. The van der Waals surface area contributed by atoms with Gasteiger partial charge < -0.3 is 25.7 Å². The Morgan fingerprint density at radius 3 is 2.73 bits per heavy atom. The summed E-state index contributed by atoms with van der Waals surface area (Å²) in [5, 5.41) is 12.6. The van der Waals surface area contributed by atoms with Crippen LogP contribution in [0.4, 0.5) is 0 Å². The summed E-state index contributed by atoms with van der Waals surface area (Å²) >= 11 is 0. The van der Waals surface area contributed by atoms with Gasteiger partial charge in [-0.05, 0) is 59.4 Å². The van der Waals surface area contributed by atoms with Crippen LogP contribution in [0.5, 0.6) is 0 Å². The average Bonchev–Trinajstić information content (AvgIpc) is 3.13. The second-order valence-electron chi connectivity index (χ2n) is 8.17. The summed E-state index contributed by atoms with van der Waals surface area (Å²) in [5.74, 6) is 1.14. The van der Waals surface area contributed by atoms with Crippen LogP contribution in [0.3, 0.4) is 0 Å². The largest absolute Gasteiger partial charge is 0.459 e. The molecule has 8 heteroatoms. The highest BCUT2D eigenvalue weighted by atomic mass is 16.3. The predicted octanol–water partition coefficient (Wildman–Crippen LogP) is 2.35. The van der Waals surface area contributed by atoms with Crippen LogP contribution in [0.25, 0.3) is 0 Å². The highest BCUT2D eigenvalue weighted by Crippen LogP contribution is 2.24. The maximum atomic E-state index is 12.3. The number of nitrogens with one attached hydrogen (secondary N) is 4. The van der Waals surface area contributed by atoms with Crippen LogP contribution in [0.1, 0.15) is 69.0 Å². The number of carbonyl (C=O) groups is 2. The fraction of sp³-hybridized carbons (Fsp3) is 0.682. The molecule has 2 amide bonds. The first kappa shape index (κ1) is 23.8. The Kier molecular flexibility index (Phi) is 9.70. The Morgan fingerprint density at radius 1 is 1.27 bits per heavy atom. The van der Waals surface area contributed by atoms with Gasteiger partial charge in [0.25, 0.3) is 5.91 Å². The zero-order valence-corrected chi connectivity index (χ0v) is 18.7. The second kappa shape index (κ2) is 12.2. The first-order valence-electron chi connectivity index (χ1n) is 11.1. The van der Waals surface area contributed by atoms with Crippen molar-refractivity contribution in [2.24, 2.45) is 10.9 Å². The van der Waals surface area contributed by atoms with Gasteiger partial charge in [-0.1, -0.05) is 6.42 Å². The molecule has 0 aromatic carbocycles. The van der Waals surface area contributed by atoms with Crippen molar-refractivity contribution in [2.75, 3.05) is 19.6 Å². The number of rotatable bonds is 9. The number of furan rings is 1. The SMILES string of the molecule is CCNC(=NCCCNC(=O)c1occc1C)NC1CCCC(C(=O)NC(C)C)C1. The van der Waals surface area contributed by atoms with Gasteiger partial charge in [-0.15, -0.1) is 0 Å². The number of carbonyl (C=O) groups excluding carboxylic acids is 2. The monoisotopic (exact) mass is 419 g/mol. The van der Waals surface area contributed by atoms with Gasteiger partial charge in [-0.2, -0.15) is 0 Å². The third-order valence-corrected chi connectivity index (χ3v) is 5.12. The third kappa shape index (κ3) is 7.72. The maximum Gasteiger partial charge on any atom is 0.287 e. The predicted molar refractivity (Wildman–Crippen MR) is 119 cm³/mol. The molecule has 1 aromatic rings. The minimum atomic E-state index is -0.195. The van der Waals surface area contributed by atoms with Crippen LogP contribution in [-0.4, -0.2) is 49.5 Å². The van der Waals surface area contributed by atoms with Crippen molar-refractivity contribution in [3.8, 4) is 0 Å². The number of nitrogens with zero attached hydrogens (tertiary/aromatic N) is 1. The first-order chi connectivity index (χ1) is 14.4. The molecule has 1 aliphatic carbocycles. The molecule has 30 heavy (non-hydrogen) atoms. The molecule has 1 saturated carbocycles. The van der Waals surface area contributed by atoms with E-state index in [1.165, 1.54) is 6.26 Å². The molecule has 2 unspecified atom stereocenters. The van der Waals surface area contributed by atoms with Crippen molar-refractivity contribution in [2.45, 2.75) is 71.9 Å². The summed E-state index contributed by atoms with van der Waals surface area (Å²) in [6, 6.07) is 2.18. The van der Waals surface area contributed by atoms with Gasteiger partial charge in [0.05, 0.1) is 6.26 Å². The van der Waals surface area contributed by atoms with Crippen LogP contribution in [0.2, 0.25) is 0 Å². The van der Waals surface area contributed by atoms with Crippen LogP contribution in [-0.2, 0) is 4.79 Å². The molecule has 1 aliphatic rings. The van der Waals surface area contributed by atoms with E-state index in [0.29, 0.717) is 18.8 Å². The van der Waals surface area contributed by atoms with E-state index in [0.717, 1.165) is 50.2 Å². The van der Waals surface area contributed by atoms with Gasteiger partial charge >= 0.3 is 0 Å². The molecular formula is C22H37N5O3. The van der Waals surface area contributed by atoms with E-state index < -0.39 is 0 Å². The van der Waals surface area contributed by atoms with E-state index in [1.807, 2.05) is 27.7 Å². The fourth-order valence-corrected chi connectivity index (χ4v) is 3.63. The molecule has 0 saturated heterocycles. The zero-order valence-electron chi connectivity index (χ0n) is 18.7. The van der Waals surface area contributed by atoms with Crippen LogP contribution >= 0.6 is 0 Å². The topological polar surface area (TPSA) is 108 Å². The second-order valence-corrected chi connectivity index (χ2v) is 8.17. The summed E-state index contributed by atoms with van der Waals surface area (Å²) in [6.07, 6.45) is 6.08. The molecule has 0 aliphatic heterocycles. The van der Waals surface area contributed by atoms with Gasteiger partial charge in [0.15, 0.2) is 11.7 Å². The first-order valence-corrected chi connectivity index (χ1v) is 11.1. The molecule has 1 heterocycles. The fourth-order valence-electron chi connectivity index (χ4n) is 3.63. The minimum absolute atomic E-state index is 0.0572. The Morgan fingerprint density at radius 2 is 2.07 bits per heavy atom. The standard InChI is InChI=1S/C22H37N5O3/c1-5-23-22(25-12-7-11-24-21(29)19-16(4)10-13-30-19)27-18-9-6-8-17(14-18)20(28)26-15(2)3/h10,13,15,17-18H,5-9,11-12,14H2,1-4H3,(H,24,29)(H,26,28)(H2,23,25,27). The lowest BCUT2D eigenvalue weighted by molar-refractivity contribution is -0.126. The van der Waals surface area contributed by atoms with Crippen LogP contribution < -0.4 is 21.3 Å². The Balaban J connectivity index is 1.77. The van der Waals surface area contributed by atoms with Gasteiger partial charge in [-0.25, -0.2) is 0 Å². The number of amides is 2. The summed E-state index contributed by atoms with van der Waals surface area (Å²) in [5.41, 5.74) is 0.831. The molecule has 0 radical (unpaired) electrons. The highest BCUT2D eigenvalue weighted by Gasteiger charge is 2.28. The van der Waals surface area contributed by atoms with E-state index in [2.05, 4.69) is 26.3 Å². The third-order valence-electron chi connectivity index (χ3n) is 5.12. The molecule has 2 atom stereocenters. The molecule has 0 spiro atoms. The summed E-state index contributed by atoms with van der Waals surface area (Å²) in [4.78, 5) is 29.0. The Bertz CT molecular complexity index is 713. The van der Waals surface area contributed by atoms with Crippen molar-refractivity contribution in [1.82, 2.24) is 21.3 Å². The quantitative estimate of drug-likeness (QED) is 0.279. The number of aliphatic imine (C=N–C) groups is 1. The molecule has 1 aromatic heterocycles. The summed E-state index contributed by atoms with van der Waals surface area (Å²) in [7, 11) is 0. The van der Waals surface area contributed by atoms with E-state index >= 15 is 0 Å². The lowest BCUT2D eigenvalue weighted by Gasteiger charge is -2.30. The van der Waals surface area contributed by atoms with Crippen LogP contribution in [0.15, 0.2) is 21.7 Å². The van der Waals surface area contributed by atoms with Crippen molar-refractivity contribution >= 4 is 17.8 Å². The molecule has 8 nitrogen and oxygen atoms in total. The van der Waals surface area contributed by atoms with Crippen molar-refractivity contribution < 1.29 is 14.0 Å². The smallest absolute Gasteiger partial charge is 0.287 e. The normalized spacial score (nSPS) is 19.4. The van der Waals surface area contributed by atoms with Crippen LogP contribution in [0, 0.1) is 12.8 Å². The molecule has 1 fully saturated rings. The maximum absolute atomic E-state index is 12.3. The lowest BCUT2D eigenvalue weighted by atomic mass is 9.85. The number of hydrogen-bond donors (Lipinski definition) is 4. The van der Waals surface area contributed by atoms with E-state index in [9.17, 15) is 9.59 Å². The zero-order chi connectivity index (χ0) is 21.9. The molecule has 168 valence electrons. The van der Waals surface area contributed by atoms with Crippen molar-refractivity contribution in [1.29, 1.82) is 0 Å². The summed E-state index contributed by atoms with van der Waals surface area (Å²) < 4.78 is 5.20. The summed E-state index contributed by atoms with van der Waals surface area (Å²) in [6.45, 7) is 9.75. The molecule has 4 N–H and O–H groups in total. The van der Waals surface area contributed by atoms with Gasteiger partial charge in [0, 0.05) is 43.2 Å². The Hall–Kier alpha value is -2.51. The number of hydrogen-bond acceptors (Lipinski definition) is 4. The number of guanidine groups is 1. The Labute approximate surface area is 179 Å². The van der Waals surface area contributed by atoms with Crippen molar-refractivity contribution in [3.63, 3.8) is 0 Å². The molecule has 2 rings (SSSR count). The van der Waals surface area contributed by atoms with E-state index in [4.69, 9.17) is 4.42 Å². The van der Waals surface area contributed by atoms with Gasteiger partial charge in [0.1, 0.15) is 0 Å². The van der Waals surface area contributed by atoms with Crippen molar-refractivity contribution in [3.05, 3.63) is 23.7 Å². The van der Waals surface area contributed by atoms with E-state index in [-0.39, 0.29) is 29.8 Å². The highest BCUT2D eigenvalue weighted by molar-refractivity contribution is 5.92. The van der Waals surface area contributed by atoms with E-state index in [1.54, 1.807) is 6.07 Å². The average molecular weight is 420 g/mol. The minimum Gasteiger partial charge on any atom is -0.459 e. The lowest BCUT2D eigenvalue weighted by Crippen LogP contribution is -2.47. The molecular weight excluding hydrogens is 382 g/mol. The van der Waals surface area contributed by atoms with Gasteiger partial charge in [0.2, 0.25) is 5.91 Å². The molecule has 0 bridgehead atoms.